The van der Waals surface area contributed by atoms with E-state index in [9.17, 15) is 0 Å². The Morgan fingerprint density at radius 2 is 2.16 bits per heavy atom. The van der Waals surface area contributed by atoms with Crippen LogP contribution in [0, 0.1) is 6.92 Å². The fourth-order valence-electron chi connectivity index (χ4n) is 1.75. The van der Waals surface area contributed by atoms with Gasteiger partial charge in [-0.3, -0.25) is 4.68 Å². The molecule has 2 heterocycles. The van der Waals surface area contributed by atoms with Crippen LogP contribution in [0.15, 0.2) is 18.5 Å². The number of aromatic nitrogens is 5. The van der Waals surface area contributed by atoms with Crippen molar-refractivity contribution in [2.75, 3.05) is 11.9 Å². The Bertz CT molecular complexity index is 506. The summed E-state index contributed by atoms with van der Waals surface area (Å²) in [5.74, 6) is 2.13. The molecule has 0 aromatic carbocycles. The van der Waals surface area contributed by atoms with Crippen molar-refractivity contribution < 1.29 is 0 Å². The summed E-state index contributed by atoms with van der Waals surface area (Å²) in [5, 5.41) is 11.0. The second kappa shape index (κ2) is 6.26. The highest BCUT2D eigenvalue weighted by Crippen LogP contribution is 2.13. The minimum absolute atomic E-state index is 0.343. The lowest BCUT2D eigenvalue weighted by molar-refractivity contribution is 0.569. The average molecular weight is 260 g/mol. The van der Waals surface area contributed by atoms with Gasteiger partial charge in [-0.1, -0.05) is 19.1 Å². The largest absolute Gasteiger partial charge is 0.370 e. The summed E-state index contributed by atoms with van der Waals surface area (Å²) in [6.45, 7) is 7.91. The van der Waals surface area contributed by atoms with E-state index >= 15 is 0 Å². The van der Waals surface area contributed by atoms with Crippen LogP contribution in [0.3, 0.4) is 0 Å². The van der Waals surface area contributed by atoms with Gasteiger partial charge in [-0.25, -0.2) is 9.97 Å². The van der Waals surface area contributed by atoms with Crippen molar-refractivity contribution >= 4 is 5.82 Å². The third kappa shape index (κ3) is 4.01. The molecule has 0 fully saturated rings. The van der Waals surface area contributed by atoms with Crippen molar-refractivity contribution in [3.8, 4) is 0 Å². The Hall–Kier alpha value is -1.98. The maximum absolute atomic E-state index is 4.51. The number of hydrogen-bond donors (Lipinski definition) is 1. The molecule has 0 aliphatic rings. The van der Waals surface area contributed by atoms with Crippen molar-refractivity contribution in [2.24, 2.45) is 0 Å². The Labute approximate surface area is 113 Å². The average Bonchev–Trinajstić information content (AvgIpc) is 2.87. The summed E-state index contributed by atoms with van der Waals surface area (Å²) in [5.41, 5.74) is 0.998. The van der Waals surface area contributed by atoms with E-state index in [1.54, 1.807) is 6.20 Å². The van der Waals surface area contributed by atoms with Gasteiger partial charge >= 0.3 is 0 Å². The maximum atomic E-state index is 4.51. The van der Waals surface area contributed by atoms with E-state index in [0.717, 1.165) is 36.8 Å². The van der Waals surface area contributed by atoms with Crippen LogP contribution >= 0.6 is 0 Å². The lowest BCUT2D eigenvalue weighted by atomic mass is 10.2. The molecule has 2 aromatic rings. The first-order valence-corrected chi connectivity index (χ1v) is 6.58. The summed E-state index contributed by atoms with van der Waals surface area (Å²) in [4.78, 5) is 8.94. The molecule has 6 nitrogen and oxygen atoms in total. The summed E-state index contributed by atoms with van der Waals surface area (Å²) >= 11 is 0. The third-order valence-corrected chi connectivity index (χ3v) is 2.73. The molecule has 2 rings (SSSR count). The van der Waals surface area contributed by atoms with Gasteiger partial charge in [-0.05, 0) is 13.3 Å². The first kappa shape index (κ1) is 13.5. The van der Waals surface area contributed by atoms with Crippen molar-refractivity contribution in [3.63, 3.8) is 0 Å². The van der Waals surface area contributed by atoms with E-state index in [1.165, 1.54) is 0 Å². The van der Waals surface area contributed by atoms with E-state index in [2.05, 4.69) is 39.4 Å². The molecule has 1 N–H and O–H groups in total. The second-order valence-corrected chi connectivity index (χ2v) is 4.85. The van der Waals surface area contributed by atoms with Gasteiger partial charge in [0.15, 0.2) is 0 Å². The molecule has 0 atom stereocenters. The zero-order chi connectivity index (χ0) is 13.7. The number of nitrogens with zero attached hydrogens (tertiary/aromatic N) is 5. The van der Waals surface area contributed by atoms with Crippen molar-refractivity contribution in [1.29, 1.82) is 0 Å². The van der Waals surface area contributed by atoms with Crippen LogP contribution in [0.2, 0.25) is 0 Å². The zero-order valence-corrected chi connectivity index (χ0v) is 11.7. The fourth-order valence-corrected chi connectivity index (χ4v) is 1.75. The fraction of sp³-hybridized carbons (Fsp3) is 0.538. The molecule has 0 aliphatic heterocycles. The Morgan fingerprint density at radius 3 is 2.84 bits per heavy atom. The monoisotopic (exact) mass is 260 g/mol. The van der Waals surface area contributed by atoms with E-state index in [-0.39, 0.29) is 0 Å². The number of rotatable bonds is 6. The predicted octanol–water partition coefficient (Wildman–Crippen LogP) is 2.00. The highest BCUT2D eigenvalue weighted by Gasteiger charge is 2.05. The van der Waals surface area contributed by atoms with E-state index < -0.39 is 0 Å². The van der Waals surface area contributed by atoms with Crippen LogP contribution < -0.4 is 5.32 Å². The molecule has 6 heteroatoms. The molecule has 0 aliphatic carbocycles. The van der Waals surface area contributed by atoms with Crippen molar-refractivity contribution in [2.45, 2.75) is 39.7 Å². The molecule has 0 radical (unpaired) electrons. The molecule has 0 amide bonds. The third-order valence-electron chi connectivity index (χ3n) is 2.73. The molecule has 2 aromatic heterocycles. The molecule has 19 heavy (non-hydrogen) atoms. The van der Waals surface area contributed by atoms with Gasteiger partial charge in [0.1, 0.15) is 11.6 Å². The van der Waals surface area contributed by atoms with Crippen LogP contribution in [0.1, 0.15) is 37.7 Å². The number of anilines is 1. The zero-order valence-electron chi connectivity index (χ0n) is 11.7. The molecule has 0 unspecified atom stereocenters. The lowest BCUT2D eigenvalue weighted by Gasteiger charge is -2.10. The van der Waals surface area contributed by atoms with Gasteiger partial charge in [0.2, 0.25) is 0 Å². The molecule has 0 bridgehead atoms. The first-order chi connectivity index (χ1) is 9.15. The summed E-state index contributed by atoms with van der Waals surface area (Å²) in [7, 11) is 0. The molecule has 102 valence electrons. The van der Waals surface area contributed by atoms with Crippen LogP contribution in [0.5, 0.6) is 0 Å². The van der Waals surface area contributed by atoms with Gasteiger partial charge in [0, 0.05) is 37.0 Å². The van der Waals surface area contributed by atoms with E-state index in [0.29, 0.717) is 5.92 Å². The number of hydrogen-bond acceptors (Lipinski definition) is 5. The quantitative estimate of drug-likeness (QED) is 0.805. The standard InChI is InChI=1S/C13H20N6/c1-10(2)13-16-11(3)9-12(17-13)14-5-4-7-19-8-6-15-18-19/h6,8-10H,4-5,7H2,1-3H3,(H,14,16,17). The molecule has 0 spiro atoms. The minimum Gasteiger partial charge on any atom is -0.370 e. The smallest absolute Gasteiger partial charge is 0.133 e. The molecular weight excluding hydrogens is 240 g/mol. The van der Waals surface area contributed by atoms with Crippen LogP contribution in [0.25, 0.3) is 0 Å². The number of aryl methyl sites for hydroxylation is 2. The molecular formula is C13H20N6. The van der Waals surface area contributed by atoms with E-state index in [1.807, 2.05) is 23.9 Å². The Morgan fingerprint density at radius 1 is 1.32 bits per heavy atom. The van der Waals surface area contributed by atoms with Crippen LogP contribution in [-0.2, 0) is 6.54 Å². The lowest BCUT2D eigenvalue weighted by Crippen LogP contribution is -2.10. The molecule has 0 saturated carbocycles. The van der Waals surface area contributed by atoms with Gasteiger partial charge in [0.05, 0.1) is 6.20 Å². The van der Waals surface area contributed by atoms with Gasteiger partial charge in [-0.2, -0.15) is 0 Å². The minimum atomic E-state index is 0.343. The molecule has 0 saturated heterocycles. The number of nitrogens with one attached hydrogen (secondary N) is 1. The van der Waals surface area contributed by atoms with Gasteiger partial charge in [0.25, 0.3) is 0 Å². The van der Waals surface area contributed by atoms with Gasteiger partial charge < -0.3 is 5.32 Å². The second-order valence-electron chi connectivity index (χ2n) is 4.85. The van der Waals surface area contributed by atoms with Gasteiger partial charge in [-0.15, -0.1) is 5.10 Å². The first-order valence-electron chi connectivity index (χ1n) is 6.58. The highest BCUT2D eigenvalue weighted by molar-refractivity contribution is 5.36. The SMILES string of the molecule is Cc1cc(NCCCn2ccnn2)nc(C(C)C)n1. The van der Waals surface area contributed by atoms with Crippen LogP contribution in [-0.4, -0.2) is 31.5 Å². The summed E-state index contributed by atoms with van der Waals surface area (Å²) in [6, 6.07) is 1.97. The Kier molecular flexibility index (Phi) is 4.43. The Balaban J connectivity index is 1.85. The topological polar surface area (TPSA) is 68.5 Å². The van der Waals surface area contributed by atoms with E-state index in [4.69, 9.17) is 0 Å². The normalized spacial score (nSPS) is 10.9. The maximum Gasteiger partial charge on any atom is 0.133 e. The van der Waals surface area contributed by atoms with Crippen LogP contribution in [0.4, 0.5) is 5.82 Å². The summed E-state index contributed by atoms with van der Waals surface area (Å²) in [6.07, 6.45) is 4.53. The predicted molar refractivity (Wildman–Crippen MR) is 74.0 cm³/mol. The summed E-state index contributed by atoms with van der Waals surface area (Å²) < 4.78 is 1.83. The van der Waals surface area contributed by atoms with Crippen molar-refractivity contribution in [1.82, 2.24) is 25.0 Å². The van der Waals surface area contributed by atoms with Crippen molar-refractivity contribution in [3.05, 3.63) is 30.0 Å². The highest BCUT2D eigenvalue weighted by atomic mass is 15.4.